The van der Waals surface area contributed by atoms with Crippen LogP contribution in [-0.2, 0) is 24.6 Å². The number of anilines is 1. The second-order valence-corrected chi connectivity index (χ2v) is 8.05. The van der Waals surface area contributed by atoms with Gasteiger partial charge in [-0.25, -0.2) is 4.39 Å². The van der Waals surface area contributed by atoms with Crippen molar-refractivity contribution in [3.8, 4) is 0 Å². The molecule has 0 bridgehead atoms. The summed E-state index contributed by atoms with van der Waals surface area (Å²) in [5.74, 6) is -1.82. The predicted molar refractivity (Wildman–Crippen MR) is 95.6 cm³/mol. The minimum Gasteiger partial charge on any atom is -0.321 e. The minimum atomic E-state index is -4.79. The number of alkyl halides is 3. The maximum Gasteiger partial charge on any atom is 0.417 e. The molecule has 10 heteroatoms. The van der Waals surface area contributed by atoms with E-state index in [0.717, 1.165) is 24.3 Å². The van der Waals surface area contributed by atoms with E-state index >= 15 is 0 Å². The highest BCUT2D eigenvalue weighted by Gasteiger charge is 2.35. The molecule has 148 valence electrons. The van der Waals surface area contributed by atoms with E-state index in [-0.39, 0.29) is 22.1 Å². The van der Waals surface area contributed by atoms with Crippen LogP contribution in [0.2, 0.25) is 0 Å². The molecule has 0 unspecified atom stereocenters. The van der Waals surface area contributed by atoms with Crippen LogP contribution in [0.1, 0.15) is 16.7 Å². The van der Waals surface area contributed by atoms with Gasteiger partial charge >= 0.3 is 13.8 Å². The normalized spacial score (nSPS) is 15.6. The van der Waals surface area contributed by atoms with Crippen LogP contribution in [0.3, 0.4) is 0 Å². The van der Waals surface area contributed by atoms with Crippen molar-refractivity contribution in [2.75, 3.05) is 19.5 Å². The lowest BCUT2D eigenvalue weighted by Gasteiger charge is -2.14. The van der Waals surface area contributed by atoms with Crippen LogP contribution in [0.15, 0.2) is 36.4 Å². The van der Waals surface area contributed by atoms with E-state index in [1.165, 1.54) is 32.4 Å². The molecular weight excluding hydrogens is 401 g/mol. The Labute approximate surface area is 157 Å². The van der Waals surface area contributed by atoms with E-state index in [9.17, 15) is 26.9 Å². The molecular formula is C18H14F4NO4P. The Bertz CT molecular complexity index is 1020. The van der Waals surface area contributed by atoms with E-state index in [2.05, 4.69) is 5.32 Å². The van der Waals surface area contributed by atoms with Crippen molar-refractivity contribution >= 4 is 36.1 Å². The van der Waals surface area contributed by atoms with Crippen molar-refractivity contribution in [2.45, 2.75) is 6.18 Å². The molecule has 1 heterocycles. The topological polar surface area (TPSA) is 64.6 Å². The van der Waals surface area contributed by atoms with Gasteiger partial charge in [-0.15, -0.1) is 0 Å². The molecule has 5 nitrogen and oxygen atoms in total. The number of amides is 1. The maximum absolute atomic E-state index is 14.1. The van der Waals surface area contributed by atoms with Crippen molar-refractivity contribution in [1.82, 2.24) is 0 Å². The summed E-state index contributed by atoms with van der Waals surface area (Å²) in [4.78, 5) is 12.3. The summed E-state index contributed by atoms with van der Waals surface area (Å²) < 4.78 is 75.9. The molecule has 28 heavy (non-hydrogen) atoms. The molecule has 2 aromatic rings. The Morgan fingerprint density at radius 2 is 1.79 bits per heavy atom. The summed E-state index contributed by atoms with van der Waals surface area (Å²) in [5.41, 5.74) is -1.64. The number of nitrogens with one attached hydrogen (secondary N) is 1. The molecule has 3 rings (SSSR count). The van der Waals surface area contributed by atoms with Crippen molar-refractivity contribution in [2.24, 2.45) is 0 Å². The first kappa shape index (κ1) is 20.3. The van der Waals surface area contributed by atoms with Crippen molar-refractivity contribution in [3.63, 3.8) is 0 Å². The fourth-order valence-corrected chi connectivity index (χ4v) is 3.97. The third kappa shape index (κ3) is 3.48. The van der Waals surface area contributed by atoms with E-state index in [4.69, 9.17) is 9.05 Å². The van der Waals surface area contributed by atoms with Gasteiger partial charge in [-0.3, -0.25) is 9.36 Å². The fraction of sp³-hybridized carbons (Fsp3) is 0.167. The molecule has 0 fully saturated rings. The van der Waals surface area contributed by atoms with Gasteiger partial charge in [0.15, 0.2) is 0 Å². The number of hydrogen-bond acceptors (Lipinski definition) is 4. The summed E-state index contributed by atoms with van der Waals surface area (Å²) in [6, 6.07) is 6.65. The average Bonchev–Trinajstić information content (AvgIpc) is 2.96. The predicted octanol–water partition coefficient (Wildman–Crippen LogP) is 4.45. The van der Waals surface area contributed by atoms with Gasteiger partial charge in [0.25, 0.3) is 5.91 Å². The highest BCUT2D eigenvalue weighted by molar-refractivity contribution is 7.62. The first-order valence-corrected chi connectivity index (χ1v) is 9.40. The smallest absolute Gasteiger partial charge is 0.321 e. The zero-order valence-electron chi connectivity index (χ0n) is 14.6. The molecule has 1 aliphatic heterocycles. The molecule has 1 N–H and O–H groups in total. The summed E-state index contributed by atoms with van der Waals surface area (Å²) >= 11 is 0. The summed E-state index contributed by atoms with van der Waals surface area (Å²) in [6.45, 7) is 0. The van der Waals surface area contributed by atoms with Gasteiger partial charge in [-0.2, -0.15) is 13.2 Å². The van der Waals surface area contributed by atoms with Gasteiger partial charge in [-0.1, -0.05) is 12.1 Å². The average molecular weight is 415 g/mol. The molecule has 2 aromatic carbocycles. The minimum absolute atomic E-state index is 0.151. The number of benzene rings is 2. The van der Waals surface area contributed by atoms with Crippen LogP contribution >= 0.6 is 7.60 Å². The SMILES string of the molecule is COP(=O)(OC)c1ccc2c(c1)NC(=O)C2=Cc1c(F)cccc1C(F)(F)F. The monoisotopic (exact) mass is 415 g/mol. The van der Waals surface area contributed by atoms with Crippen LogP contribution in [-0.4, -0.2) is 20.1 Å². The molecule has 0 radical (unpaired) electrons. The number of carbonyl (C=O) groups is 1. The second kappa shape index (κ2) is 7.16. The zero-order valence-corrected chi connectivity index (χ0v) is 15.5. The third-order valence-corrected chi connectivity index (χ3v) is 6.10. The van der Waals surface area contributed by atoms with Gasteiger partial charge < -0.3 is 14.4 Å². The van der Waals surface area contributed by atoms with Gasteiger partial charge in [0.2, 0.25) is 0 Å². The number of rotatable bonds is 4. The Kier molecular flexibility index (Phi) is 5.18. The quantitative estimate of drug-likeness (QED) is 0.455. The molecule has 0 saturated carbocycles. The van der Waals surface area contributed by atoms with Gasteiger partial charge in [-0.05, 0) is 30.3 Å². The lowest BCUT2D eigenvalue weighted by atomic mass is 10.00. The second-order valence-electron chi connectivity index (χ2n) is 5.80. The summed E-state index contributed by atoms with van der Waals surface area (Å²) in [5, 5.41) is 2.62. The Hall–Kier alpha value is -2.48. The van der Waals surface area contributed by atoms with Crippen LogP contribution < -0.4 is 10.6 Å². The van der Waals surface area contributed by atoms with Crippen LogP contribution in [0.5, 0.6) is 0 Å². The molecule has 0 saturated heterocycles. The van der Waals surface area contributed by atoms with Crippen molar-refractivity contribution < 1.29 is 36.0 Å². The highest BCUT2D eigenvalue weighted by Crippen LogP contribution is 2.47. The Morgan fingerprint density at radius 3 is 2.39 bits per heavy atom. The van der Waals surface area contributed by atoms with E-state index in [1.807, 2.05) is 0 Å². The number of carbonyl (C=O) groups excluding carboxylic acids is 1. The fourth-order valence-electron chi connectivity index (χ4n) is 2.86. The van der Waals surface area contributed by atoms with Crippen LogP contribution in [0.25, 0.3) is 11.6 Å². The van der Waals surface area contributed by atoms with Crippen LogP contribution in [0.4, 0.5) is 23.2 Å². The largest absolute Gasteiger partial charge is 0.417 e. The molecule has 1 amide bonds. The molecule has 0 spiro atoms. The molecule has 0 aliphatic carbocycles. The summed E-state index contributed by atoms with van der Waals surface area (Å²) in [6.07, 6.45) is -3.94. The molecule has 0 aromatic heterocycles. The van der Waals surface area contributed by atoms with Crippen LogP contribution in [0, 0.1) is 5.82 Å². The first-order valence-electron chi connectivity index (χ1n) is 7.86. The number of hydrogen-bond donors (Lipinski definition) is 1. The van der Waals surface area contributed by atoms with E-state index in [0.29, 0.717) is 0 Å². The Morgan fingerprint density at radius 1 is 1.11 bits per heavy atom. The summed E-state index contributed by atoms with van der Waals surface area (Å²) in [7, 11) is -1.20. The molecule has 0 atom stereocenters. The molecule has 1 aliphatic rings. The lowest BCUT2D eigenvalue weighted by Crippen LogP contribution is -2.10. The van der Waals surface area contributed by atoms with Crippen molar-refractivity contribution in [1.29, 1.82) is 0 Å². The van der Waals surface area contributed by atoms with Crippen molar-refractivity contribution in [3.05, 3.63) is 58.9 Å². The van der Waals surface area contributed by atoms with Gasteiger partial charge in [0, 0.05) is 36.6 Å². The van der Waals surface area contributed by atoms with E-state index in [1.54, 1.807) is 0 Å². The first-order chi connectivity index (χ1) is 13.1. The standard InChI is InChI=1S/C18H14F4NO4P/c1-26-28(25,27-2)10-6-7-11-12(17(24)23-16(11)8-10)9-13-14(18(20,21)22)4-3-5-15(13)19/h3-9H,1-2H3,(H,23,24). The Balaban J connectivity index is 2.14. The maximum atomic E-state index is 14.1. The van der Waals surface area contributed by atoms with E-state index < -0.39 is 36.6 Å². The number of fused-ring (bicyclic) bond motifs is 1. The number of halogens is 4. The lowest BCUT2D eigenvalue weighted by molar-refractivity contribution is -0.138. The van der Waals surface area contributed by atoms with Gasteiger partial charge in [0.05, 0.1) is 10.9 Å². The third-order valence-electron chi connectivity index (χ3n) is 4.23. The zero-order chi connectivity index (χ0) is 20.7. The van der Waals surface area contributed by atoms with Gasteiger partial charge in [0.1, 0.15) is 5.82 Å². The highest BCUT2D eigenvalue weighted by atomic mass is 31.2.